The molecule has 2 aliphatic heterocycles. The number of alkyl halides is 6. The molecule has 3 atom stereocenters. The summed E-state index contributed by atoms with van der Waals surface area (Å²) in [7, 11) is -3.96. The van der Waals surface area contributed by atoms with Gasteiger partial charge in [0, 0.05) is 12.8 Å². The van der Waals surface area contributed by atoms with Gasteiger partial charge in [-0.25, -0.2) is 13.4 Å². The van der Waals surface area contributed by atoms with E-state index in [0.717, 1.165) is 17.4 Å². The van der Waals surface area contributed by atoms with Crippen molar-refractivity contribution in [3.8, 4) is 0 Å². The lowest BCUT2D eigenvalue weighted by Crippen LogP contribution is -2.52. The molecule has 39 heavy (non-hydrogen) atoms. The first kappa shape index (κ1) is 29.1. The molecule has 0 saturated carbocycles. The van der Waals surface area contributed by atoms with E-state index < -0.39 is 62.8 Å². The number of nitrogens with one attached hydrogen (secondary N) is 1. The predicted molar refractivity (Wildman–Crippen MR) is 129 cm³/mol. The number of aryl methyl sites for hydroxylation is 1. The van der Waals surface area contributed by atoms with Gasteiger partial charge in [0.15, 0.2) is 5.90 Å². The van der Waals surface area contributed by atoms with Crippen LogP contribution in [0.15, 0.2) is 58.6 Å². The molecule has 14 heteroatoms. The van der Waals surface area contributed by atoms with Gasteiger partial charge in [-0.1, -0.05) is 24.3 Å². The van der Waals surface area contributed by atoms with Crippen molar-refractivity contribution >= 4 is 15.7 Å². The van der Waals surface area contributed by atoms with Crippen molar-refractivity contribution in [3.05, 3.63) is 81.4 Å². The summed E-state index contributed by atoms with van der Waals surface area (Å²) in [6.45, 7) is 1.80. The van der Waals surface area contributed by atoms with E-state index in [1.165, 1.54) is 0 Å². The molecule has 0 amide bonds. The minimum atomic E-state index is -5.05. The number of halogens is 6. The number of sulfone groups is 1. The Morgan fingerprint density at radius 1 is 1.08 bits per heavy atom. The van der Waals surface area contributed by atoms with Crippen LogP contribution in [0.5, 0.6) is 0 Å². The normalized spacial score (nSPS) is 23.2. The highest BCUT2D eigenvalue weighted by Gasteiger charge is 2.42. The van der Waals surface area contributed by atoms with Crippen molar-refractivity contribution in [1.29, 1.82) is 0 Å². The Labute approximate surface area is 220 Å². The van der Waals surface area contributed by atoms with Gasteiger partial charge in [0.25, 0.3) is 0 Å². The van der Waals surface area contributed by atoms with Gasteiger partial charge in [-0.15, -0.1) is 0 Å². The van der Waals surface area contributed by atoms with Crippen LogP contribution in [0.25, 0.3) is 0 Å². The molecule has 7 nitrogen and oxygen atoms in total. The number of hydrogen-bond acceptors (Lipinski definition) is 7. The lowest BCUT2D eigenvalue weighted by Gasteiger charge is -2.40. The second kappa shape index (κ2) is 10.6. The fraction of sp³-hybridized carbons (Fsp3) is 0.400. The summed E-state index contributed by atoms with van der Waals surface area (Å²) in [6.07, 6.45) is -8.50. The van der Waals surface area contributed by atoms with Crippen molar-refractivity contribution in [2.75, 3.05) is 19.5 Å². The van der Waals surface area contributed by atoms with Gasteiger partial charge < -0.3 is 9.94 Å². The number of benzene rings is 2. The van der Waals surface area contributed by atoms with Gasteiger partial charge in [-0.2, -0.15) is 31.4 Å². The first-order chi connectivity index (χ1) is 18.1. The number of aliphatic imine (C=N–C) groups is 1. The van der Waals surface area contributed by atoms with Crippen molar-refractivity contribution in [2.24, 2.45) is 10.9 Å². The molecule has 0 aromatic heterocycles. The van der Waals surface area contributed by atoms with Crippen LogP contribution in [0.2, 0.25) is 0 Å². The fourth-order valence-corrected chi connectivity index (χ4v) is 5.28. The van der Waals surface area contributed by atoms with Gasteiger partial charge in [-0.05, 0) is 54.3 Å². The van der Waals surface area contributed by atoms with Gasteiger partial charge in [0.2, 0.25) is 14.9 Å². The standard InChI is InChI=1S/C25H25F6N3O4S/c1-14-5-3-4-6-18(14)21-11-22(39(2,36)37)38-23-19(12-32-13-33-23)20(34(21)35)9-15-7-16(24(26,27)28)10-17(8-15)25(29,30)31/h3-8,10-11,19-21,32,35H,9,12-13H2,1-2H3. The Kier molecular flexibility index (Phi) is 7.87. The van der Waals surface area contributed by atoms with E-state index in [0.29, 0.717) is 23.3 Å². The molecule has 2 aliphatic rings. The van der Waals surface area contributed by atoms with Gasteiger partial charge in [-0.3, -0.25) is 5.32 Å². The second-order valence-electron chi connectivity index (χ2n) is 9.44. The maximum absolute atomic E-state index is 13.5. The third kappa shape index (κ3) is 6.45. The zero-order valence-electron chi connectivity index (χ0n) is 20.7. The lowest BCUT2D eigenvalue weighted by atomic mass is 9.88. The van der Waals surface area contributed by atoms with E-state index in [1.807, 2.05) is 0 Å². The van der Waals surface area contributed by atoms with Crippen molar-refractivity contribution < 1.29 is 44.7 Å². The molecular weight excluding hydrogens is 552 g/mol. The summed E-state index contributed by atoms with van der Waals surface area (Å²) in [5.41, 5.74) is -2.19. The monoisotopic (exact) mass is 577 g/mol. The van der Waals surface area contributed by atoms with Crippen LogP contribution in [-0.2, 0) is 33.3 Å². The lowest BCUT2D eigenvalue weighted by molar-refractivity contribution is -0.160. The fourth-order valence-electron chi connectivity index (χ4n) is 4.66. The van der Waals surface area contributed by atoms with Crippen LogP contribution < -0.4 is 5.32 Å². The number of rotatable bonds is 4. The molecule has 0 fully saturated rings. The van der Waals surface area contributed by atoms with E-state index in [-0.39, 0.29) is 30.7 Å². The Morgan fingerprint density at radius 3 is 2.26 bits per heavy atom. The molecule has 2 heterocycles. The topological polar surface area (TPSA) is 91.2 Å². The molecule has 4 rings (SSSR count). The van der Waals surface area contributed by atoms with Crippen molar-refractivity contribution in [2.45, 2.75) is 37.8 Å². The highest BCUT2D eigenvalue weighted by atomic mass is 32.2. The maximum atomic E-state index is 13.5. The molecule has 0 bridgehead atoms. The second-order valence-corrected chi connectivity index (χ2v) is 11.4. The van der Waals surface area contributed by atoms with Crippen LogP contribution in [0.4, 0.5) is 26.3 Å². The highest BCUT2D eigenvalue weighted by molar-refractivity contribution is 7.94. The molecule has 0 spiro atoms. The Morgan fingerprint density at radius 2 is 1.69 bits per heavy atom. The number of nitrogens with zero attached hydrogens (tertiary/aromatic N) is 2. The molecule has 0 aliphatic carbocycles. The number of ether oxygens (including phenoxy) is 1. The molecule has 2 aromatic carbocycles. The summed E-state index contributed by atoms with van der Waals surface area (Å²) in [6, 6.07) is 5.62. The van der Waals surface area contributed by atoms with Gasteiger partial charge in [0.05, 0.1) is 35.8 Å². The van der Waals surface area contributed by atoms with Gasteiger partial charge in [0.1, 0.15) is 0 Å². The molecule has 2 N–H and O–H groups in total. The number of hydroxylamine groups is 2. The van der Waals surface area contributed by atoms with Crippen LogP contribution in [0.3, 0.4) is 0 Å². The van der Waals surface area contributed by atoms with E-state index in [1.54, 1.807) is 31.2 Å². The zero-order chi connectivity index (χ0) is 28.8. The summed E-state index contributed by atoms with van der Waals surface area (Å²) in [4.78, 5) is 4.15. The number of fused-ring (bicyclic) bond motifs is 1. The third-order valence-electron chi connectivity index (χ3n) is 6.58. The van der Waals surface area contributed by atoms with Crippen molar-refractivity contribution in [1.82, 2.24) is 10.4 Å². The van der Waals surface area contributed by atoms with Gasteiger partial charge >= 0.3 is 12.4 Å². The largest absolute Gasteiger partial charge is 0.431 e. The zero-order valence-corrected chi connectivity index (χ0v) is 21.5. The van der Waals surface area contributed by atoms with E-state index >= 15 is 0 Å². The van der Waals surface area contributed by atoms with Crippen molar-refractivity contribution in [3.63, 3.8) is 0 Å². The third-order valence-corrected chi connectivity index (χ3v) is 7.53. The van der Waals surface area contributed by atoms with Crippen LogP contribution in [0, 0.1) is 12.8 Å². The minimum Gasteiger partial charge on any atom is -0.431 e. The Balaban J connectivity index is 1.89. The van der Waals surface area contributed by atoms with Crippen LogP contribution in [0.1, 0.15) is 33.9 Å². The van der Waals surface area contributed by atoms with E-state index in [9.17, 15) is 40.0 Å². The summed E-state index contributed by atoms with van der Waals surface area (Å²) in [5.74, 6) is -1.04. The van der Waals surface area contributed by atoms with Crippen LogP contribution >= 0.6 is 0 Å². The van der Waals surface area contributed by atoms with E-state index in [2.05, 4.69) is 10.3 Å². The maximum Gasteiger partial charge on any atom is 0.416 e. The predicted octanol–water partition coefficient (Wildman–Crippen LogP) is 4.87. The molecular formula is C25H25F6N3O4S. The average Bonchev–Trinajstić information content (AvgIpc) is 2.83. The summed E-state index contributed by atoms with van der Waals surface area (Å²) in [5, 5.41) is 14.8. The quantitative estimate of drug-likeness (QED) is 0.505. The molecule has 212 valence electrons. The number of hydrogen-bond donors (Lipinski definition) is 2. The summed E-state index contributed by atoms with van der Waals surface area (Å²) < 4.78 is 112. The first-order valence-corrected chi connectivity index (χ1v) is 13.6. The highest BCUT2D eigenvalue weighted by Crippen LogP contribution is 2.39. The first-order valence-electron chi connectivity index (χ1n) is 11.7. The smallest absolute Gasteiger partial charge is 0.416 e. The SMILES string of the molecule is Cc1ccccc1C1C=C(S(C)(=O)=O)OC2=NCNCC2C(Cc2cc(C(F)(F)F)cc(C(F)(F)F)c2)N1O. The Bertz CT molecular complexity index is 1370. The Hall–Kier alpha value is -2.94. The molecule has 2 aromatic rings. The average molecular weight is 578 g/mol. The summed E-state index contributed by atoms with van der Waals surface area (Å²) >= 11 is 0. The molecule has 0 saturated heterocycles. The minimum absolute atomic E-state index is 0.0318. The van der Waals surface area contributed by atoms with Crippen LogP contribution in [-0.4, -0.2) is 50.1 Å². The molecule has 3 unspecified atom stereocenters. The molecule has 0 radical (unpaired) electrons. The van der Waals surface area contributed by atoms with E-state index in [4.69, 9.17) is 4.74 Å².